The van der Waals surface area contributed by atoms with E-state index in [1.165, 1.54) is 22.3 Å². The molecule has 0 atom stereocenters. The SMILES string of the molecule is C#Cc1ccc2c(c1)C(C)=C(C)CC2(C)C. The lowest BCUT2D eigenvalue weighted by atomic mass is 9.70. The van der Waals surface area contributed by atoms with Gasteiger partial charge < -0.3 is 0 Å². The quantitative estimate of drug-likeness (QED) is 0.564. The third-order valence-corrected chi connectivity index (χ3v) is 3.67. The van der Waals surface area contributed by atoms with Gasteiger partial charge in [-0.3, -0.25) is 0 Å². The molecule has 0 heterocycles. The standard InChI is InChI=1S/C16H18/c1-6-13-7-8-15-14(9-13)12(3)11(2)10-16(15,4)5/h1,7-9H,10H2,2-5H3. The zero-order valence-corrected chi connectivity index (χ0v) is 10.5. The molecule has 0 amide bonds. The molecule has 0 aromatic heterocycles. The van der Waals surface area contributed by atoms with Crippen LogP contribution in [0.2, 0.25) is 0 Å². The fraction of sp³-hybridized carbons (Fsp3) is 0.375. The summed E-state index contributed by atoms with van der Waals surface area (Å²) in [5, 5.41) is 0. The molecule has 0 saturated heterocycles. The minimum absolute atomic E-state index is 0.228. The van der Waals surface area contributed by atoms with Gasteiger partial charge in [0.25, 0.3) is 0 Å². The lowest BCUT2D eigenvalue weighted by Crippen LogP contribution is -2.23. The van der Waals surface area contributed by atoms with Gasteiger partial charge >= 0.3 is 0 Å². The molecule has 82 valence electrons. The maximum Gasteiger partial charge on any atom is 0.0248 e. The van der Waals surface area contributed by atoms with Crippen LogP contribution < -0.4 is 0 Å². The second-order valence-corrected chi connectivity index (χ2v) is 5.37. The van der Waals surface area contributed by atoms with Crippen LogP contribution in [0.4, 0.5) is 0 Å². The van der Waals surface area contributed by atoms with Gasteiger partial charge in [-0.15, -0.1) is 6.42 Å². The molecule has 0 heteroatoms. The van der Waals surface area contributed by atoms with Crippen LogP contribution in [0, 0.1) is 12.3 Å². The van der Waals surface area contributed by atoms with Crippen LogP contribution in [-0.2, 0) is 5.41 Å². The van der Waals surface area contributed by atoms with E-state index in [1.807, 2.05) is 0 Å². The van der Waals surface area contributed by atoms with Crippen molar-refractivity contribution < 1.29 is 0 Å². The highest BCUT2D eigenvalue weighted by Crippen LogP contribution is 2.42. The number of rotatable bonds is 0. The summed E-state index contributed by atoms with van der Waals surface area (Å²) in [5.74, 6) is 2.72. The average molecular weight is 210 g/mol. The van der Waals surface area contributed by atoms with Gasteiger partial charge in [-0.2, -0.15) is 0 Å². The second kappa shape index (κ2) is 3.52. The average Bonchev–Trinajstić information content (AvgIpc) is 2.25. The Morgan fingerprint density at radius 2 is 1.94 bits per heavy atom. The normalized spacial score (nSPS) is 17.9. The van der Waals surface area contributed by atoms with E-state index in [2.05, 4.69) is 51.8 Å². The maximum absolute atomic E-state index is 5.46. The minimum atomic E-state index is 0.228. The molecule has 1 aliphatic rings. The fourth-order valence-corrected chi connectivity index (χ4v) is 2.66. The van der Waals surface area contributed by atoms with Gasteiger partial charge in [-0.05, 0) is 54.5 Å². The molecule has 1 aromatic carbocycles. The molecule has 0 unspecified atom stereocenters. The van der Waals surface area contributed by atoms with Gasteiger partial charge in [-0.1, -0.05) is 31.4 Å². The van der Waals surface area contributed by atoms with E-state index >= 15 is 0 Å². The van der Waals surface area contributed by atoms with Crippen LogP contribution in [0.25, 0.3) is 5.57 Å². The molecule has 0 nitrogen and oxygen atoms in total. The number of terminal acetylenes is 1. The van der Waals surface area contributed by atoms with Crippen LogP contribution in [0.3, 0.4) is 0 Å². The van der Waals surface area contributed by atoms with Gasteiger partial charge in [0, 0.05) is 5.56 Å². The topological polar surface area (TPSA) is 0 Å². The maximum atomic E-state index is 5.46. The zero-order chi connectivity index (χ0) is 11.9. The van der Waals surface area contributed by atoms with E-state index in [1.54, 1.807) is 0 Å². The van der Waals surface area contributed by atoms with Gasteiger partial charge in [-0.25, -0.2) is 0 Å². The van der Waals surface area contributed by atoms with Crippen molar-refractivity contribution in [1.29, 1.82) is 0 Å². The molecule has 2 rings (SSSR count). The Hall–Kier alpha value is -1.48. The Kier molecular flexibility index (Phi) is 2.43. The zero-order valence-electron chi connectivity index (χ0n) is 10.5. The Labute approximate surface area is 98.4 Å². The lowest BCUT2D eigenvalue weighted by molar-refractivity contribution is 0.511. The smallest absolute Gasteiger partial charge is 0.0248 e. The monoisotopic (exact) mass is 210 g/mol. The summed E-state index contributed by atoms with van der Waals surface area (Å²) in [6.45, 7) is 9.03. The molecule has 0 saturated carbocycles. The molecule has 0 radical (unpaired) electrons. The summed E-state index contributed by atoms with van der Waals surface area (Å²) < 4.78 is 0. The summed E-state index contributed by atoms with van der Waals surface area (Å²) in [5.41, 5.74) is 6.84. The first-order chi connectivity index (χ1) is 7.45. The first kappa shape index (κ1) is 11.0. The number of allylic oxidation sites excluding steroid dienone is 2. The van der Waals surface area contributed by atoms with Gasteiger partial charge in [0.2, 0.25) is 0 Å². The van der Waals surface area contributed by atoms with E-state index in [0.717, 1.165) is 12.0 Å². The fourth-order valence-electron chi connectivity index (χ4n) is 2.66. The van der Waals surface area contributed by atoms with Crippen LogP contribution in [0.1, 0.15) is 50.8 Å². The van der Waals surface area contributed by atoms with Gasteiger partial charge in [0.15, 0.2) is 0 Å². The summed E-state index contributed by atoms with van der Waals surface area (Å²) >= 11 is 0. The Morgan fingerprint density at radius 1 is 1.25 bits per heavy atom. The van der Waals surface area contributed by atoms with E-state index in [9.17, 15) is 0 Å². The Bertz CT molecular complexity index is 507. The minimum Gasteiger partial charge on any atom is -0.115 e. The highest BCUT2D eigenvalue weighted by Gasteiger charge is 2.29. The third-order valence-electron chi connectivity index (χ3n) is 3.67. The Balaban J connectivity index is 2.72. The molecule has 0 N–H and O–H groups in total. The molecule has 0 fully saturated rings. The first-order valence-electron chi connectivity index (χ1n) is 5.73. The molecule has 1 aliphatic carbocycles. The summed E-state index contributed by atoms with van der Waals surface area (Å²) in [7, 11) is 0. The van der Waals surface area contributed by atoms with Crippen LogP contribution in [0.5, 0.6) is 0 Å². The van der Waals surface area contributed by atoms with Crippen molar-refractivity contribution in [3.63, 3.8) is 0 Å². The number of hydrogen-bond acceptors (Lipinski definition) is 0. The van der Waals surface area contributed by atoms with Crippen LogP contribution >= 0.6 is 0 Å². The molecule has 0 aliphatic heterocycles. The van der Waals surface area contributed by atoms with Crippen molar-refractivity contribution in [1.82, 2.24) is 0 Å². The molecular formula is C16H18. The van der Waals surface area contributed by atoms with E-state index in [0.29, 0.717) is 0 Å². The van der Waals surface area contributed by atoms with Gasteiger partial charge in [0.05, 0.1) is 0 Å². The van der Waals surface area contributed by atoms with Crippen molar-refractivity contribution in [3.05, 3.63) is 40.5 Å². The number of hydrogen-bond donors (Lipinski definition) is 0. The van der Waals surface area contributed by atoms with Crippen molar-refractivity contribution in [3.8, 4) is 12.3 Å². The number of benzene rings is 1. The van der Waals surface area contributed by atoms with Crippen molar-refractivity contribution in [2.24, 2.45) is 0 Å². The van der Waals surface area contributed by atoms with E-state index in [-0.39, 0.29) is 5.41 Å². The van der Waals surface area contributed by atoms with E-state index < -0.39 is 0 Å². The summed E-state index contributed by atoms with van der Waals surface area (Å²) in [6, 6.07) is 6.39. The Morgan fingerprint density at radius 3 is 2.56 bits per heavy atom. The molecule has 0 spiro atoms. The molecular weight excluding hydrogens is 192 g/mol. The largest absolute Gasteiger partial charge is 0.115 e. The molecule has 0 bridgehead atoms. The van der Waals surface area contributed by atoms with Crippen LogP contribution in [0.15, 0.2) is 23.8 Å². The summed E-state index contributed by atoms with van der Waals surface area (Å²) in [6.07, 6.45) is 6.60. The predicted molar refractivity (Wildman–Crippen MR) is 70.3 cm³/mol. The first-order valence-corrected chi connectivity index (χ1v) is 5.73. The molecule has 16 heavy (non-hydrogen) atoms. The molecule has 1 aromatic rings. The van der Waals surface area contributed by atoms with Crippen molar-refractivity contribution in [2.75, 3.05) is 0 Å². The number of fused-ring (bicyclic) bond motifs is 1. The third kappa shape index (κ3) is 1.57. The highest BCUT2D eigenvalue weighted by atomic mass is 14.3. The van der Waals surface area contributed by atoms with E-state index in [4.69, 9.17) is 6.42 Å². The van der Waals surface area contributed by atoms with Crippen molar-refractivity contribution >= 4 is 5.57 Å². The lowest BCUT2D eigenvalue weighted by Gasteiger charge is -2.34. The van der Waals surface area contributed by atoms with Crippen LogP contribution in [-0.4, -0.2) is 0 Å². The summed E-state index contributed by atoms with van der Waals surface area (Å²) in [4.78, 5) is 0. The van der Waals surface area contributed by atoms with Gasteiger partial charge in [0.1, 0.15) is 0 Å². The highest BCUT2D eigenvalue weighted by molar-refractivity contribution is 5.74. The second-order valence-electron chi connectivity index (χ2n) is 5.37. The predicted octanol–water partition coefficient (Wildman–Crippen LogP) is 4.14. The van der Waals surface area contributed by atoms with Crippen molar-refractivity contribution in [2.45, 2.75) is 39.5 Å².